The van der Waals surface area contributed by atoms with Gasteiger partial charge < -0.3 is 24.8 Å². The van der Waals surface area contributed by atoms with Crippen molar-refractivity contribution in [2.24, 2.45) is 0 Å². The number of aromatic nitrogens is 1. The number of H-pyrrole nitrogens is 1. The van der Waals surface area contributed by atoms with Crippen LogP contribution in [0.1, 0.15) is 18.4 Å². The highest BCUT2D eigenvalue weighted by Gasteiger charge is 2.34. The van der Waals surface area contributed by atoms with Crippen LogP contribution in [0.4, 0.5) is 0 Å². The van der Waals surface area contributed by atoms with Gasteiger partial charge in [-0.05, 0) is 48.7 Å². The Balaban J connectivity index is 1.28. The average molecular weight is 445 g/mol. The third-order valence-electron chi connectivity index (χ3n) is 5.52. The number of aromatic amines is 1. The number of hydrogen-bond donors (Lipinski definition) is 3. The molecule has 1 unspecified atom stereocenters. The number of likely N-dealkylation sites (tertiary alicyclic amines) is 1. The summed E-state index contributed by atoms with van der Waals surface area (Å²) in [5.74, 6) is 0.779. The third-order valence-corrected chi connectivity index (χ3v) is 6.05. The van der Waals surface area contributed by atoms with E-state index in [0.29, 0.717) is 19.4 Å². The van der Waals surface area contributed by atoms with Crippen molar-refractivity contribution in [1.82, 2.24) is 9.88 Å². The zero-order chi connectivity index (χ0) is 19.6. The molecule has 1 atom stereocenters. The predicted octanol–water partition coefficient (Wildman–Crippen LogP) is 3.65. The third kappa shape index (κ3) is 4.25. The molecule has 1 aliphatic rings. The van der Waals surface area contributed by atoms with Crippen LogP contribution >= 0.6 is 15.9 Å². The van der Waals surface area contributed by atoms with Gasteiger partial charge in [-0.15, -0.1) is 0 Å². The average Bonchev–Trinajstić information content (AvgIpc) is 3.18. The first-order valence-corrected chi connectivity index (χ1v) is 10.4. The minimum Gasteiger partial charge on any atom is -0.490 e. The highest BCUT2D eigenvalue weighted by molar-refractivity contribution is 9.10. The molecular formula is C22H25BrN2O3. The van der Waals surface area contributed by atoms with Crippen molar-refractivity contribution in [3.63, 3.8) is 0 Å². The molecule has 0 aliphatic carbocycles. The summed E-state index contributed by atoms with van der Waals surface area (Å²) in [5.41, 5.74) is 1.19. The minimum atomic E-state index is -0.789. The van der Waals surface area contributed by atoms with E-state index in [9.17, 15) is 10.2 Å². The van der Waals surface area contributed by atoms with E-state index >= 15 is 0 Å². The summed E-state index contributed by atoms with van der Waals surface area (Å²) in [7, 11) is 0. The summed E-state index contributed by atoms with van der Waals surface area (Å²) in [4.78, 5) is 5.35. The molecule has 2 heterocycles. The Morgan fingerprint density at radius 3 is 2.61 bits per heavy atom. The second kappa shape index (κ2) is 8.25. The van der Waals surface area contributed by atoms with Gasteiger partial charge in [0.15, 0.2) is 0 Å². The van der Waals surface area contributed by atoms with Crippen molar-refractivity contribution in [1.29, 1.82) is 0 Å². The van der Waals surface area contributed by atoms with Gasteiger partial charge in [0.05, 0.1) is 5.60 Å². The molecule has 0 amide bonds. The van der Waals surface area contributed by atoms with Crippen molar-refractivity contribution in [2.45, 2.75) is 24.5 Å². The van der Waals surface area contributed by atoms with Gasteiger partial charge in [0.2, 0.25) is 0 Å². The Hall–Kier alpha value is -1.86. The number of ether oxygens (including phenoxy) is 1. The van der Waals surface area contributed by atoms with Gasteiger partial charge in [-0.1, -0.05) is 34.1 Å². The fraction of sp³-hybridized carbons (Fsp3) is 0.364. The first kappa shape index (κ1) is 19.5. The molecule has 0 saturated carbocycles. The van der Waals surface area contributed by atoms with Crippen LogP contribution in [0.5, 0.6) is 5.75 Å². The number of nitrogens with one attached hydrogen (secondary N) is 1. The molecular weight excluding hydrogens is 420 g/mol. The molecule has 0 spiro atoms. The number of hydrogen-bond acceptors (Lipinski definition) is 4. The molecule has 3 aromatic rings. The van der Waals surface area contributed by atoms with Gasteiger partial charge in [-0.2, -0.15) is 0 Å². The summed E-state index contributed by atoms with van der Waals surface area (Å²) in [6.07, 6.45) is 2.62. The van der Waals surface area contributed by atoms with Crippen LogP contribution in [-0.4, -0.2) is 52.4 Å². The molecule has 6 heteroatoms. The highest BCUT2D eigenvalue weighted by Crippen LogP contribution is 2.33. The topological polar surface area (TPSA) is 68.7 Å². The summed E-state index contributed by atoms with van der Waals surface area (Å²) in [6.45, 7) is 2.28. The molecule has 28 heavy (non-hydrogen) atoms. The summed E-state index contributed by atoms with van der Waals surface area (Å²) >= 11 is 3.43. The van der Waals surface area contributed by atoms with E-state index in [1.54, 1.807) is 0 Å². The van der Waals surface area contributed by atoms with Crippen molar-refractivity contribution in [3.8, 4) is 5.75 Å². The molecule has 1 fully saturated rings. The molecule has 1 saturated heterocycles. The molecule has 0 radical (unpaired) electrons. The number of rotatable bonds is 6. The SMILES string of the molecule is OC(COc1cccc2[nH]ccc12)CN1CCC(O)(c2ccc(Br)cc2)CC1. The fourth-order valence-electron chi connectivity index (χ4n) is 3.87. The quantitative estimate of drug-likeness (QED) is 0.542. The normalized spacial score (nSPS) is 18.2. The van der Waals surface area contributed by atoms with E-state index in [1.165, 1.54) is 0 Å². The van der Waals surface area contributed by atoms with Gasteiger partial charge in [-0.25, -0.2) is 0 Å². The fourth-order valence-corrected chi connectivity index (χ4v) is 4.14. The second-order valence-corrected chi connectivity index (χ2v) is 8.41. The van der Waals surface area contributed by atoms with Crippen LogP contribution < -0.4 is 4.74 Å². The number of nitrogens with zero attached hydrogens (tertiary/aromatic N) is 1. The Labute approximate surface area is 173 Å². The number of piperidine rings is 1. The second-order valence-electron chi connectivity index (χ2n) is 7.50. The van der Waals surface area contributed by atoms with Crippen LogP contribution in [0, 0.1) is 0 Å². The lowest BCUT2D eigenvalue weighted by molar-refractivity contribution is -0.0372. The number of aliphatic hydroxyl groups is 2. The number of fused-ring (bicyclic) bond motifs is 1. The number of aliphatic hydroxyl groups excluding tert-OH is 1. The smallest absolute Gasteiger partial charge is 0.128 e. The van der Waals surface area contributed by atoms with Crippen LogP contribution in [0.2, 0.25) is 0 Å². The van der Waals surface area contributed by atoms with Crippen molar-refractivity contribution >= 4 is 26.8 Å². The lowest BCUT2D eigenvalue weighted by atomic mass is 9.84. The number of halogens is 1. The first-order valence-electron chi connectivity index (χ1n) is 9.61. The van der Waals surface area contributed by atoms with Crippen LogP contribution in [-0.2, 0) is 5.60 Å². The molecule has 4 rings (SSSR count). The molecule has 5 nitrogen and oxygen atoms in total. The van der Waals surface area contributed by atoms with E-state index in [1.807, 2.05) is 54.7 Å². The van der Waals surface area contributed by atoms with E-state index in [0.717, 1.165) is 39.8 Å². The first-order chi connectivity index (χ1) is 13.5. The van der Waals surface area contributed by atoms with E-state index in [2.05, 4.69) is 25.8 Å². The zero-order valence-electron chi connectivity index (χ0n) is 15.6. The Morgan fingerprint density at radius 2 is 1.86 bits per heavy atom. The van der Waals surface area contributed by atoms with Crippen LogP contribution in [0.15, 0.2) is 59.2 Å². The van der Waals surface area contributed by atoms with Crippen molar-refractivity contribution in [3.05, 3.63) is 64.8 Å². The van der Waals surface area contributed by atoms with E-state index in [-0.39, 0.29) is 6.61 Å². The van der Waals surface area contributed by atoms with Crippen LogP contribution in [0.3, 0.4) is 0 Å². The molecule has 2 aromatic carbocycles. The Kier molecular flexibility index (Phi) is 5.73. The standard InChI is InChI=1S/C22H25BrN2O3/c23-17-6-4-16(5-7-17)22(27)9-12-25(13-10-22)14-18(26)15-28-21-3-1-2-20-19(21)8-11-24-20/h1-8,11,18,24,26-27H,9-10,12-15H2. The monoisotopic (exact) mass is 444 g/mol. The Bertz CT molecular complexity index is 917. The van der Waals surface area contributed by atoms with Gasteiger partial charge >= 0.3 is 0 Å². The maximum absolute atomic E-state index is 11.0. The minimum absolute atomic E-state index is 0.248. The van der Waals surface area contributed by atoms with Crippen LogP contribution in [0.25, 0.3) is 10.9 Å². The van der Waals surface area contributed by atoms with E-state index in [4.69, 9.17) is 4.74 Å². The molecule has 1 aliphatic heterocycles. The molecule has 148 valence electrons. The summed E-state index contributed by atoms with van der Waals surface area (Å²) in [5, 5.41) is 22.4. The van der Waals surface area contributed by atoms with Gasteiger partial charge in [0.1, 0.15) is 18.5 Å². The van der Waals surface area contributed by atoms with Gasteiger partial charge in [-0.3, -0.25) is 0 Å². The van der Waals surface area contributed by atoms with Gasteiger partial charge in [0.25, 0.3) is 0 Å². The van der Waals surface area contributed by atoms with Crippen molar-refractivity contribution < 1.29 is 14.9 Å². The lowest BCUT2D eigenvalue weighted by Crippen LogP contribution is -2.46. The molecule has 1 aromatic heterocycles. The largest absolute Gasteiger partial charge is 0.490 e. The van der Waals surface area contributed by atoms with Gasteiger partial charge in [0, 0.05) is 41.2 Å². The van der Waals surface area contributed by atoms with E-state index < -0.39 is 11.7 Å². The lowest BCUT2D eigenvalue weighted by Gasteiger charge is -2.39. The summed E-state index contributed by atoms with van der Waals surface area (Å²) in [6, 6.07) is 15.7. The molecule has 3 N–H and O–H groups in total. The zero-order valence-corrected chi connectivity index (χ0v) is 17.2. The maximum atomic E-state index is 11.0. The number of β-amino-alcohol motifs (C(OH)–C–C–N with tert-alkyl or cyclic N) is 1. The van der Waals surface area contributed by atoms with Crippen molar-refractivity contribution in [2.75, 3.05) is 26.2 Å². The number of benzene rings is 2. The molecule has 0 bridgehead atoms. The summed E-state index contributed by atoms with van der Waals surface area (Å²) < 4.78 is 6.86. The predicted molar refractivity (Wildman–Crippen MR) is 114 cm³/mol. The highest BCUT2D eigenvalue weighted by atomic mass is 79.9. The Morgan fingerprint density at radius 1 is 1.11 bits per heavy atom. The maximum Gasteiger partial charge on any atom is 0.128 e.